The molecule has 4 aromatic rings. The van der Waals surface area contributed by atoms with Crippen molar-refractivity contribution in [2.24, 2.45) is 5.92 Å². The smallest absolute Gasteiger partial charge is 0.224 e. The molecular weight excluding hydrogens is 487 g/mol. The van der Waals surface area contributed by atoms with Crippen LogP contribution in [0.3, 0.4) is 0 Å². The summed E-state index contributed by atoms with van der Waals surface area (Å²) in [5.74, 6) is -0.273. The van der Waals surface area contributed by atoms with E-state index >= 15 is 0 Å². The lowest BCUT2D eigenvalue weighted by atomic mass is 9.92. The quantitative estimate of drug-likeness (QED) is 0.322. The van der Waals surface area contributed by atoms with Crippen LogP contribution in [0.5, 0.6) is 0 Å². The number of aromatic nitrogens is 1. The Balaban J connectivity index is 1.56. The summed E-state index contributed by atoms with van der Waals surface area (Å²) in [6.45, 7) is 0. The number of amides is 1. The van der Waals surface area contributed by atoms with Crippen LogP contribution in [0, 0.1) is 11.7 Å². The maximum Gasteiger partial charge on any atom is 0.224 e. The number of para-hydroxylation sites is 1. The first kappa shape index (κ1) is 25.1. The van der Waals surface area contributed by atoms with Crippen LogP contribution in [0.4, 0.5) is 4.39 Å². The Morgan fingerprint density at radius 2 is 1.73 bits per heavy atom. The molecule has 1 atom stereocenters. The number of carbonyl (C=O) groups excluding carboxylic acids is 1. The van der Waals surface area contributed by atoms with Crippen LogP contribution in [0.25, 0.3) is 22.2 Å². The standard InChI is InChI=1S/C30H29FN2O3S/c1-37(35,36)17-16-25-26(19-28(34)33-29(21-14-15-21)22-10-7-11-23(31)18-22)24-12-5-6-13-27(24)32-30(25)20-8-3-2-4-9-20/h2-13,18,21,29H,14-17,19H2,1H3,(H,33,34). The molecule has 1 aliphatic rings. The lowest BCUT2D eigenvalue weighted by Gasteiger charge is -2.21. The number of benzene rings is 3. The zero-order chi connectivity index (χ0) is 26.0. The van der Waals surface area contributed by atoms with Crippen LogP contribution in [-0.4, -0.2) is 31.3 Å². The minimum Gasteiger partial charge on any atom is -0.349 e. The molecule has 7 heteroatoms. The van der Waals surface area contributed by atoms with E-state index in [1.54, 1.807) is 6.07 Å². The topological polar surface area (TPSA) is 76.1 Å². The van der Waals surface area contributed by atoms with E-state index in [0.29, 0.717) is 5.69 Å². The van der Waals surface area contributed by atoms with Gasteiger partial charge in [0.25, 0.3) is 0 Å². The molecule has 1 aromatic heterocycles. The molecule has 0 spiro atoms. The van der Waals surface area contributed by atoms with Gasteiger partial charge in [-0.3, -0.25) is 4.79 Å². The highest BCUT2D eigenvalue weighted by molar-refractivity contribution is 7.90. The number of fused-ring (bicyclic) bond motifs is 1. The van der Waals surface area contributed by atoms with Gasteiger partial charge in [0.2, 0.25) is 5.91 Å². The Labute approximate surface area is 216 Å². The molecule has 0 bridgehead atoms. The number of pyridine rings is 1. The highest BCUT2D eigenvalue weighted by Gasteiger charge is 2.34. The van der Waals surface area contributed by atoms with Crippen LogP contribution in [0.15, 0.2) is 78.9 Å². The van der Waals surface area contributed by atoms with Crippen molar-refractivity contribution in [3.05, 3.63) is 101 Å². The fourth-order valence-electron chi connectivity index (χ4n) is 4.90. The normalized spacial score (nSPS) is 14.4. The summed E-state index contributed by atoms with van der Waals surface area (Å²) < 4.78 is 38.2. The van der Waals surface area contributed by atoms with Gasteiger partial charge >= 0.3 is 0 Å². The van der Waals surface area contributed by atoms with Gasteiger partial charge in [0.05, 0.1) is 29.4 Å². The predicted molar refractivity (Wildman–Crippen MR) is 144 cm³/mol. The van der Waals surface area contributed by atoms with E-state index in [4.69, 9.17) is 4.98 Å². The summed E-state index contributed by atoms with van der Waals surface area (Å²) >= 11 is 0. The lowest BCUT2D eigenvalue weighted by Crippen LogP contribution is -2.31. The van der Waals surface area contributed by atoms with Crippen LogP contribution in [-0.2, 0) is 27.5 Å². The van der Waals surface area contributed by atoms with Crippen molar-refractivity contribution in [3.63, 3.8) is 0 Å². The van der Waals surface area contributed by atoms with Crippen molar-refractivity contribution < 1.29 is 17.6 Å². The largest absolute Gasteiger partial charge is 0.349 e. The van der Waals surface area contributed by atoms with Gasteiger partial charge in [0.1, 0.15) is 15.7 Å². The summed E-state index contributed by atoms with van der Waals surface area (Å²) in [5, 5.41) is 3.98. The molecule has 1 aliphatic carbocycles. The number of halogens is 1. The van der Waals surface area contributed by atoms with Crippen molar-refractivity contribution in [2.75, 3.05) is 12.0 Å². The van der Waals surface area contributed by atoms with Crippen molar-refractivity contribution in [3.8, 4) is 11.3 Å². The molecule has 0 radical (unpaired) electrons. The fraction of sp³-hybridized carbons (Fsp3) is 0.267. The number of rotatable bonds is 9. The number of sulfone groups is 1. The van der Waals surface area contributed by atoms with Crippen molar-refractivity contribution in [2.45, 2.75) is 31.7 Å². The average Bonchev–Trinajstić information content (AvgIpc) is 3.72. The van der Waals surface area contributed by atoms with E-state index in [9.17, 15) is 17.6 Å². The second kappa shape index (κ2) is 10.4. The monoisotopic (exact) mass is 516 g/mol. The predicted octanol–water partition coefficient (Wildman–Crippen LogP) is 5.44. The minimum absolute atomic E-state index is 0.0462. The maximum atomic E-state index is 13.9. The molecule has 190 valence electrons. The average molecular weight is 517 g/mol. The molecule has 0 saturated heterocycles. The summed E-state index contributed by atoms with van der Waals surface area (Å²) in [6, 6.07) is 23.4. The molecule has 1 unspecified atom stereocenters. The highest BCUT2D eigenvalue weighted by Crippen LogP contribution is 2.41. The van der Waals surface area contributed by atoms with E-state index in [1.165, 1.54) is 18.4 Å². The zero-order valence-electron chi connectivity index (χ0n) is 20.7. The van der Waals surface area contributed by atoms with Crippen LogP contribution in [0.1, 0.15) is 35.6 Å². The molecule has 1 amide bonds. The maximum absolute atomic E-state index is 13.9. The highest BCUT2D eigenvalue weighted by atomic mass is 32.2. The van der Waals surface area contributed by atoms with E-state index in [1.807, 2.05) is 60.7 Å². The second-order valence-electron chi connectivity index (χ2n) is 9.79. The first-order valence-electron chi connectivity index (χ1n) is 12.5. The molecule has 0 aliphatic heterocycles. The first-order valence-corrected chi connectivity index (χ1v) is 14.5. The fourth-order valence-corrected chi connectivity index (χ4v) is 5.48. The molecule has 5 nitrogen and oxygen atoms in total. The number of nitrogens with zero attached hydrogens (tertiary/aromatic N) is 1. The first-order chi connectivity index (χ1) is 17.8. The third kappa shape index (κ3) is 6.05. The summed E-state index contributed by atoms with van der Waals surface area (Å²) in [4.78, 5) is 18.4. The zero-order valence-corrected chi connectivity index (χ0v) is 21.5. The van der Waals surface area contributed by atoms with E-state index in [2.05, 4.69) is 5.32 Å². The van der Waals surface area contributed by atoms with Gasteiger partial charge in [-0.25, -0.2) is 17.8 Å². The third-order valence-electron chi connectivity index (χ3n) is 6.84. The van der Waals surface area contributed by atoms with E-state index in [-0.39, 0.29) is 42.3 Å². The van der Waals surface area contributed by atoms with Crippen molar-refractivity contribution in [1.29, 1.82) is 0 Å². The molecule has 1 heterocycles. The Hall–Kier alpha value is -3.58. The van der Waals surface area contributed by atoms with Gasteiger partial charge < -0.3 is 5.32 Å². The Bertz CT molecular complexity index is 1550. The van der Waals surface area contributed by atoms with Crippen LogP contribution < -0.4 is 5.32 Å². The van der Waals surface area contributed by atoms with Crippen LogP contribution in [0.2, 0.25) is 0 Å². The summed E-state index contributed by atoms with van der Waals surface area (Å²) in [6.07, 6.45) is 3.50. The van der Waals surface area contributed by atoms with Crippen molar-refractivity contribution >= 4 is 26.6 Å². The summed E-state index contributed by atoms with van der Waals surface area (Å²) in [7, 11) is -3.25. The molecule has 1 fully saturated rings. The van der Waals surface area contributed by atoms with Gasteiger partial charge in [-0.05, 0) is 60.1 Å². The van der Waals surface area contributed by atoms with E-state index < -0.39 is 9.84 Å². The number of hydrogen-bond donors (Lipinski definition) is 1. The molecule has 3 aromatic carbocycles. The molecule has 5 rings (SSSR count). The van der Waals surface area contributed by atoms with Gasteiger partial charge in [-0.15, -0.1) is 0 Å². The SMILES string of the molecule is CS(=O)(=O)CCc1c(-c2ccccc2)nc2ccccc2c1CC(=O)NC(c1cccc(F)c1)C1CC1. The van der Waals surface area contributed by atoms with Crippen molar-refractivity contribution in [1.82, 2.24) is 10.3 Å². The van der Waals surface area contributed by atoms with Gasteiger partial charge in [-0.1, -0.05) is 60.7 Å². The Kier molecular flexibility index (Phi) is 7.07. The number of nitrogens with one attached hydrogen (secondary N) is 1. The molecular formula is C30H29FN2O3S. The number of carbonyl (C=O) groups is 1. The molecule has 1 saturated carbocycles. The van der Waals surface area contributed by atoms with Crippen LogP contribution >= 0.6 is 0 Å². The Morgan fingerprint density at radius 3 is 2.43 bits per heavy atom. The van der Waals surface area contributed by atoms with Gasteiger partial charge in [0.15, 0.2) is 0 Å². The lowest BCUT2D eigenvalue weighted by molar-refractivity contribution is -0.121. The van der Waals surface area contributed by atoms with Gasteiger partial charge in [-0.2, -0.15) is 0 Å². The minimum atomic E-state index is -3.25. The van der Waals surface area contributed by atoms with Gasteiger partial charge in [0, 0.05) is 17.2 Å². The third-order valence-corrected chi connectivity index (χ3v) is 7.78. The molecule has 1 N–H and O–H groups in total. The molecule has 37 heavy (non-hydrogen) atoms. The summed E-state index contributed by atoms with van der Waals surface area (Å²) in [5.41, 5.74) is 4.61. The second-order valence-corrected chi connectivity index (χ2v) is 12.1. The number of hydrogen-bond acceptors (Lipinski definition) is 4. The van der Waals surface area contributed by atoms with E-state index in [0.717, 1.165) is 46.0 Å². The Morgan fingerprint density at radius 1 is 1.00 bits per heavy atom.